The van der Waals surface area contributed by atoms with E-state index in [1.54, 1.807) is 0 Å². The smallest absolute Gasteiger partial charge is 0.191 e. The number of guanidine groups is 1. The lowest BCUT2D eigenvalue weighted by Gasteiger charge is -2.20. The predicted molar refractivity (Wildman–Crippen MR) is 97.0 cm³/mol. The van der Waals surface area contributed by atoms with Crippen molar-refractivity contribution >= 4 is 29.9 Å². The summed E-state index contributed by atoms with van der Waals surface area (Å²) in [6, 6.07) is 0.616. The Bertz CT molecular complexity index is 284. The lowest BCUT2D eigenvalue weighted by atomic mass is 10.0. The van der Waals surface area contributed by atoms with Gasteiger partial charge in [0, 0.05) is 25.7 Å². The number of hydrogen-bond donors (Lipinski definition) is 2. The van der Waals surface area contributed by atoms with Crippen molar-refractivity contribution in [2.75, 3.05) is 19.7 Å². The van der Waals surface area contributed by atoms with Crippen LogP contribution in [0.25, 0.3) is 0 Å². The van der Waals surface area contributed by atoms with Crippen LogP contribution in [-0.4, -0.2) is 37.8 Å². The maximum Gasteiger partial charge on any atom is 0.191 e. The molecule has 4 nitrogen and oxygen atoms in total. The second-order valence-electron chi connectivity index (χ2n) is 5.75. The standard InChI is InChI=1S/C15H31N3O.HI/c1-6-16-15(18-13-10-12(13)5)17-9-8-14(11(3)4)19-7-2;/h11-14H,6-10H2,1-5H3,(H2,16,17,18);1H. The summed E-state index contributed by atoms with van der Waals surface area (Å²) in [5, 5.41) is 6.78. The van der Waals surface area contributed by atoms with Crippen LogP contribution in [0, 0.1) is 11.8 Å². The van der Waals surface area contributed by atoms with Gasteiger partial charge < -0.3 is 15.4 Å². The molecule has 0 saturated heterocycles. The summed E-state index contributed by atoms with van der Waals surface area (Å²) < 4.78 is 5.75. The van der Waals surface area contributed by atoms with Gasteiger partial charge in [0.1, 0.15) is 0 Å². The molecule has 3 atom stereocenters. The van der Waals surface area contributed by atoms with Gasteiger partial charge in [-0.3, -0.25) is 4.99 Å². The highest BCUT2D eigenvalue weighted by atomic mass is 127. The monoisotopic (exact) mass is 397 g/mol. The van der Waals surface area contributed by atoms with E-state index < -0.39 is 0 Å². The minimum atomic E-state index is 0. The molecule has 0 amide bonds. The molecule has 2 N–H and O–H groups in total. The molecule has 5 heteroatoms. The third kappa shape index (κ3) is 7.67. The molecule has 0 spiro atoms. The lowest BCUT2D eigenvalue weighted by molar-refractivity contribution is 0.0266. The first kappa shape index (κ1) is 20.0. The molecule has 20 heavy (non-hydrogen) atoms. The van der Waals surface area contributed by atoms with Gasteiger partial charge >= 0.3 is 0 Å². The second kappa shape index (κ2) is 10.7. The fraction of sp³-hybridized carbons (Fsp3) is 0.933. The van der Waals surface area contributed by atoms with E-state index >= 15 is 0 Å². The first-order valence-electron chi connectivity index (χ1n) is 7.74. The van der Waals surface area contributed by atoms with Crippen LogP contribution in [0.5, 0.6) is 0 Å². The zero-order valence-corrected chi connectivity index (χ0v) is 15.9. The van der Waals surface area contributed by atoms with Crippen LogP contribution in [0.3, 0.4) is 0 Å². The molecule has 0 radical (unpaired) electrons. The van der Waals surface area contributed by atoms with Crippen LogP contribution in [0.15, 0.2) is 4.99 Å². The van der Waals surface area contributed by atoms with Gasteiger partial charge in [-0.25, -0.2) is 0 Å². The average molecular weight is 397 g/mol. The van der Waals surface area contributed by atoms with Gasteiger partial charge in [0.25, 0.3) is 0 Å². The average Bonchev–Trinajstić information content (AvgIpc) is 3.03. The Balaban J connectivity index is 0.00000361. The molecular formula is C15H32IN3O. The molecule has 120 valence electrons. The topological polar surface area (TPSA) is 45.7 Å². The number of hydrogen-bond acceptors (Lipinski definition) is 2. The van der Waals surface area contributed by atoms with Crippen LogP contribution in [-0.2, 0) is 4.74 Å². The van der Waals surface area contributed by atoms with Crippen molar-refractivity contribution in [1.82, 2.24) is 10.6 Å². The fourth-order valence-corrected chi connectivity index (χ4v) is 2.15. The van der Waals surface area contributed by atoms with Crippen molar-refractivity contribution in [2.24, 2.45) is 16.8 Å². The molecule has 0 aromatic rings. The molecule has 1 rings (SSSR count). The molecule has 3 unspecified atom stereocenters. The van der Waals surface area contributed by atoms with Crippen molar-refractivity contribution in [3.8, 4) is 0 Å². The van der Waals surface area contributed by atoms with E-state index in [9.17, 15) is 0 Å². The summed E-state index contributed by atoms with van der Waals surface area (Å²) in [6.07, 6.45) is 2.57. The summed E-state index contributed by atoms with van der Waals surface area (Å²) >= 11 is 0. The first-order valence-corrected chi connectivity index (χ1v) is 7.74. The summed E-state index contributed by atoms with van der Waals surface area (Å²) in [4.78, 5) is 4.65. The summed E-state index contributed by atoms with van der Waals surface area (Å²) in [5.41, 5.74) is 0. The highest BCUT2D eigenvalue weighted by molar-refractivity contribution is 14.0. The SMILES string of the molecule is CCNC(=NCCC(OCC)C(C)C)NC1CC1C.I. The van der Waals surface area contributed by atoms with Crippen molar-refractivity contribution in [3.05, 3.63) is 0 Å². The van der Waals surface area contributed by atoms with E-state index in [1.807, 2.05) is 0 Å². The van der Waals surface area contributed by atoms with Gasteiger partial charge in [0.15, 0.2) is 5.96 Å². The van der Waals surface area contributed by atoms with E-state index in [-0.39, 0.29) is 24.0 Å². The number of halogens is 1. The summed E-state index contributed by atoms with van der Waals surface area (Å²) in [7, 11) is 0. The Labute approximate surface area is 141 Å². The van der Waals surface area contributed by atoms with Gasteiger partial charge in [-0.15, -0.1) is 24.0 Å². The van der Waals surface area contributed by atoms with Crippen molar-refractivity contribution in [1.29, 1.82) is 0 Å². The molecule has 1 fully saturated rings. The maximum atomic E-state index is 5.75. The number of aliphatic imine (C=N–C) groups is 1. The van der Waals surface area contributed by atoms with Crippen LogP contribution in [0.2, 0.25) is 0 Å². The highest BCUT2D eigenvalue weighted by Gasteiger charge is 2.33. The third-order valence-electron chi connectivity index (χ3n) is 3.58. The van der Waals surface area contributed by atoms with Gasteiger partial charge in [0.2, 0.25) is 0 Å². The Morgan fingerprint density at radius 2 is 2.00 bits per heavy atom. The Morgan fingerprint density at radius 1 is 1.35 bits per heavy atom. The number of rotatable bonds is 8. The lowest BCUT2D eigenvalue weighted by Crippen LogP contribution is -2.39. The van der Waals surface area contributed by atoms with Crippen LogP contribution < -0.4 is 10.6 Å². The van der Waals surface area contributed by atoms with E-state index in [0.29, 0.717) is 18.1 Å². The Kier molecular flexibility index (Phi) is 10.6. The minimum absolute atomic E-state index is 0. The van der Waals surface area contributed by atoms with Crippen LogP contribution >= 0.6 is 24.0 Å². The first-order chi connectivity index (χ1) is 9.08. The van der Waals surface area contributed by atoms with Gasteiger partial charge in [-0.05, 0) is 38.5 Å². The van der Waals surface area contributed by atoms with E-state index in [0.717, 1.165) is 38.0 Å². The van der Waals surface area contributed by atoms with Crippen molar-refractivity contribution < 1.29 is 4.74 Å². The van der Waals surface area contributed by atoms with Gasteiger partial charge in [-0.1, -0.05) is 20.8 Å². The van der Waals surface area contributed by atoms with Crippen molar-refractivity contribution in [2.45, 2.75) is 59.6 Å². The number of nitrogens with zero attached hydrogens (tertiary/aromatic N) is 1. The van der Waals surface area contributed by atoms with E-state index in [4.69, 9.17) is 4.74 Å². The largest absolute Gasteiger partial charge is 0.378 e. The van der Waals surface area contributed by atoms with E-state index in [2.05, 4.69) is 50.2 Å². The molecule has 1 saturated carbocycles. The molecule has 0 aromatic heterocycles. The molecule has 0 heterocycles. The number of nitrogens with one attached hydrogen (secondary N) is 2. The fourth-order valence-electron chi connectivity index (χ4n) is 2.15. The van der Waals surface area contributed by atoms with E-state index in [1.165, 1.54) is 6.42 Å². The third-order valence-corrected chi connectivity index (χ3v) is 3.58. The molecule has 1 aliphatic rings. The van der Waals surface area contributed by atoms with Crippen LogP contribution in [0.1, 0.15) is 47.5 Å². The molecule has 0 bridgehead atoms. The molecule has 1 aliphatic carbocycles. The number of ether oxygens (including phenoxy) is 1. The second-order valence-corrected chi connectivity index (χ2v) is 5.75. The van der Waals surface area contributed by atoms with Crippen molar-refractivity contribution in [3.63, 3.8) is 0 Å². The summed E-state index contributed by atoms with van der Waals surface area (Å²) in [6.45, 7) is 13.4. The normalized spacial score (nSPS) is 23.2. The summed E-state index contributed by atoms with van der Waals surface area (Å²) in [5.74, 6) is 2.29. The van der Waals surface area contributed by atoms with Gasteiger partial charge in [0.05, 0.1) is 6.10 Å². The zero-order valence-electron chi connectivity index (χ0n) is 13.6. The maximum absolute atomic E-state index is 5.75. The molecular weight excluding hydrogens is 365 g/mol. The van der Waals surface area contributed by atoms with Gasteiger partial charge in [-0.2, -0.15) is 0 Å². The Morgan fingerprint density at radius 3 is 2.45 bits per heavy atom. The molecule has 0 aliphatic heterocycles. The molecule has 0 aromatic carbocycles. The zero-order chi connectivity index (χ0) is 14.3. The predicted octanol–water partition coefficient (Wildman–Crippen LogP) is 3.02. The quantitative estimate of drug-likeness (QED) is 0.376. The Hall–Kier alpha value is -0.0400. The van der Waals surface area contributed by atoms with Crippen LogP contribution in [0.4, 0.5) is 0 Å². The highest BCUT2D eigenvalue weighted by Crippen LogP contribution is 2.28. The minimum Gasteiger partial charge on any atom is -0.378 e.